The standard InChI is InChI=1S/C13H10BrFN2O3S/c14-10-3-1-2-9(8-10)13(18)16-17-21(19,20)12-6-4-11(15)5-7-12/h1-8,17H,(H,16,18). The molecule has 0 fully saturated rings. The van der Waals surface area contributed by atoms with Gasteiger partial charge in [-0.05, 0) is 42.5 Å². The lowest BCUT2D eigenvalue weighted by atomic mass is 10.2. The molecule has 21 heavy (non-hydrogen) atoms. The molecule has 1 amide bonds. The molecule has 0 bridgehead atoms. The molecule has 5 nitrogen and oxygen atoms in total. The summed E-state index contributed by atoms with van der Waals surface area (Å²) in [6, 6.07) is 10.7. The SMILES string of the molecule is O=C(NNS(=O)(=O)c1ccc(F)cc1)c1cccc(Br)c1. The smallest absolute Gasteiger partial charge is 0.266 e. The first kappa shape index (κ1) is 15.6. The lowest BCUT2D eigenvalue weighted by molar-refractivity contribution is 0.0945. The Bertz CT molecular complexity index is 763. The van der Waals surface area contributed by atoms with Gasteiger partial charge in [0, 0.05) is 10.0 Å². The van der Waals surface area contributed by atoms with Gasteiger partial charge in [-0.25, -0.2) is 12.8 Å². The van der Waals surface area contributed by atoms with E-state index in [1.54, 1.807) is 18.2 Å². The number of nitrogens with one attached hydrogen (secondary N) is 2. The molecule has 0 aliphatic rings. The number of sulfonamides is 1. The highest BCUT2D eigenvalue weighted by Crippen LogP contribution is 2.12. The van der Waals surface area contributed by atoms with Gasteiger partial charge in [0.25, 0.3) is 15.9 Å². The third-order valence-corrected chi connectivity index (χ3v) is 4.27. The molecule has 2 aromatic carbocycles. The second kappa shape index (κ2) is 6.33. The van der Waals surface area contributed by atoms with Gasteiger partial charge in [-0.3, -0.25) is 10.2 Å². The molecule has 0 saturated heterocycles. The zero-order chi connectivity index (χ0) is 15.5. The second-order valence-electron chi connectivity index (χ2n) is 4.02. The Morgan fingerprint density at radius 2 is 1.76 bits per heavy atom. The fraction of sp³-hybridized carbons (Fsp3) is 0. The number of hydrazine groups is 1. The van der Waals surface area contributed by atoms with Gasteiger partial charge in [-0.15, -0.1) is 4.83 Å². The van der Waals surface area contributed by atoms with Crippen molar-refractivity contribution in [3.8, 4) is 0 Å². The monoisotopic (exact) mass is 372 g/mol. The molecule has 0 saturated carbocycles. The van der Waals surface area contributed by atoms with E-state index < -0.39 is 21.7 Å². The number of hydrogen-bond donors (Lipinski definition) is 2. The number of rotatable bonds is 4. The minimum Gasteiger partial charge on any atom is -0.273 e. The molecular weight excluding hydrogens is 363 g/mol. The molecule has 0 unspecified atom stereocenters. The molecule has 2 N–H and O–H groups in total. The Morgan fingerprint density at radius 3 is 2.38 bits per heavy atom. The van der Waals surface area contributed by atoms with E-state index in [9.17, 15) is 17.6 Å². The summed E-state index contributed by atoms with van der Waals surface area (Å²) in [6.45, 7) is 0. The average molecular weight is 373 g/mol. The number of carbonyl (C=O) groups is 1. The van der Waals surface area contributed by atoms with E-state index >= 15 is 0 Å². The lowest BCUT2D eigenvalue weighted by Gasteiger charge is -2.08. The van der Waals surface area contributed by atoms with Crippen LogP contribution < -0.4 is 10.3 Å². The molecule has 0 spiro atoms. The maximum atomic E-state index is 12.8. The summed E-state index contributed by atoms with van der Waals surface area (Å²) in [5, 5.41) is 0. The molecule has 2 aromatic rings. The van der Waals surface area contributed by atoms with Crippen LogP contribution in [0.15, 0.2) is 57.9 Å². The van der Waals surface area contributed by atoms with Crippen LogP contribution in [0.25, 0.3) is 0 Å². The van der Waals surface area contributed by atoms with Gasteiger partial charge < -0.3 is 0 Å². The largest absolute Gasteiger partial charge is 0.273 e. The molecule has 8 heteroatoms. The highest BCUT2D eigenvalue weighted by atomic mass is 79.9. The van der Waals surface area contributed by atoms with Crippen LogP contribution in [0.4, 0.5) is 4.39 Å². The average Bonchev–Trinajstić information content (AvgIpc) is 2.45. The highest BCUT2D eigenvalue weighted by Gasteiger charge is 2.15. The summed E-state index contributed by atoms with van der Waals surface area (Å²) in [6.07, 6.45) is 0. The molecule has 0 aromatic heterocycles. The van der Waals surface area contributed by atoms with E-state index in [2.05, 4.69) is 21.4 Å². The van der Waals surface area contributed by atoms with E-state index in [1.807, 2.05) is 4.83 Å². The Balaban J connectivity index is 2.08. The van der Waals surface area contributed by atoms with Crippen molar-refractivity contribution in [2.24, 2.45) is 0 Å². The third kappa shape index (κ3) is 4.10. The minimum absolute atomic E-state index is 0.154. The fourth-order valence-corrected chi connectivity index (χ4v) is 2.73. The van der Waals surface area contributed by atoms with Crippen molar-refractivity contribution >= 4 is 31.9 Å². The van der Waals surface area contributed by atoms with Crippen LogP contribution in [0.5, 0.6) is 0 Å². The predicted molar refractivity (Wildman–Crippen MR) is 78.3 cm³/mol. The van der Waals surface area contributed by atoms with Gasteiger partial charge >= 0.3 is 0 Å². The maximum absolute atomic E-state index is 12.8. The third-order valence-electron chi connectivity index (χ3n) is 2.51. The Hall–Kier alpha value is -1.77. The van der Waals surface area contributed by atoms with E-state index in [-0.39, 0.29) is 10.5 Å². The van der Waals surface area contributed by atoms with Crippen LogP contribution in [0.3, 0.4) is 0 Å². The Kier molecular flexibility index (Phi) is 4.71. The van der Waals surface area contributed by atoms with Crippen molar-refractivity contribution in [3.05, 3.63) is 64.4 Å². The maximum Gasteiger partial charge on any atom is 0.266 e. The van der Waals surface area contributed by atoms with E-state index in [1.165, 1.54) is 6.07 Å². The van der Waals surface area contributed by atoms with Crippen molar-refractivity contribution in [2.45, 2.75) is 4.90 Å². The van der Waals surface area contributed by atoms with E-state index in [0.717, 1.165) is 24.3 Å². The topological polar surface area (TPSA) is 75.3 Å². The number of amides is 1. The summed E-state index contributed by atoms with van der Waals surface area (Å²) in [4.78, 5) is 13.6. The lowest BCUT2D eigenvalue weighted by Crippen LogP contribution is -2.41. The highest BCUT2D eigenvalue weighted by molar-refractivity contribution is 9.10. The second-order valence-corrected chi connectivity index (χ2v) is 6.62. The first-order chi connectivity index (χ1) is 9.88. The normalized spacial score (nSPS) is 11.1. The van der Waals surface area contributed by atoms with Crippen molar-refractivity contribution in [2.75, 3.05) is 0 Å². The van der Waals surface area contributed by atoms with Crippen LogP contribution in [0.2, 0.25) is 0 Å². The Labute approximate surface area is 129 Å². The van der Waals surface area contributed by atoms with Gasteiger partial charge in [0.05, 0.1) is 4.90 Å². The molecule has 110 valence electrons. The van der Waals surface area contributed by atoms with Crippen LogP contribution in [-0.2, 0) is 10.0 Å². The van der Waals surface area contributed by atoms with Gasteiger partial charge in [0.15, 0.2) is 0 Å². The fourth-order valence-electron chi connectivity index (χ4n) is 1.49. The number of halogens is 2. The predicted octanol–water partition coefficient (Wildman–Crippen LogP) is 2.21. The van der Waals surface area contributed by atoms with E-state index in [0.29, 0.717) is 4.47 Å². The number of hydrogen-bond acceptors (Lipinski definition) is 3. The molecule has 0 radical (unpaired) electrons. The van der Waals surface area contributed by atoms with Gasteiger partial charge in [0.1, 0.15) is 5.82 Å². The molecule has 2 rings (SSSR count). The first-order valence-corrected chi connectivity index (χ1v) is 7.99. The molecule has 0 heterocycles. The van der Waals surface area contributed by atoms with Crippen molar-refractivity contribution in [1.82, 2.24) is 10.3 Å². The quantitative estimate of drug-likeness (QED) is 0.807. The molecule has 0 atom stereocenters. The van der Waals surface area contributed by atoms with Gasteiger partial charge in [0.2, 0.25) is 0 Å². The van der Waals surface area contributed by atoms with Crippen molar-refractivity contribution < 1.29 is 17.6 Å². The Morgan fingerprint density at radius 1 is 1.10 bits per heavy atom. The summed E-state index contributed by atoms with van der Waals surface area (Å²) >= 11 is 3.21. The number of carbonyl (C=O) groups excluding carboxylic acids is 1. The zero-order valence-electron chi connectivity index (χ0n) is 10.5. The minimum atomic E-state index is -3.95. The summed E-state index contributed by atoms with van der Waals surface area (Å²) in [5.74, 6) is -1.16. The van der Waals surface area contributed by atoms with Gasteiger partial charge in [-0.1, -0.05) is 22.0 Å². The van der Waals surface area contributed by atoms with E-state index in [4.69, 9.17) is 0 Å². The van der Waals surface area contributed by atoms with Gasteiger partial charge in [-0.2, -0.15) is 0 Å². The van der Waals surface area contributed by atoms with Crippen molar-refractivity contribution in [1.29, 1.82) is 0 Å². The van der Waals surface area contributed by atoms with Crippen molar-refractivity contribution in [3.63, 3.8) is 0 Å². The van der Waals surface area contributed by atoms with Crippen LogP contribution in [0, 0.1) is 5.82 Å². The summed E-state index contributed by atoms with van der Waals surface area (Å²) in [7, 11) is -3.95. The summed E-state index contributed by atoms with van der Waals surface area (Å²) < 4.78 is 37.2. The van der Waals surface area contributed by atoms with Crippen LogP contribution in [-0.4, -0.2) is 14.3 Å². The zero-order valence-corrected chi connectivity index (χ0v) is 12.9. The molecule has 0 aliphatic heterocycles. The van der Waals surface area contributed by atoms with Crippen LogP contribution in [0.1, 0.15) is 10.4 Å². The molecule has 0 aliphatic carbocycles. The number of benzene rings is 2. The van der Waals surface area contributed by atoms with Crippen LogP contribution >= 0.6 is 15.9 Å². The molecular formula is C13H10BrFN2O3S. The summed E-state index contributed by atoms with van der Waals surface area (Å²) in [5.41, 5.74) is 2.37. The first-order valence-electron chi connectivity index (χ1n) is 5.72.